The highest BCUT2D eigenvalue weighted by molar-refractivity contribution is 7.85. The van der Waals surface area contributed by atoms with Crippen molar-refractivity contribution in [1.82, 2.24) is 5.32 Å². The van der Waals surface area contributed by atoms with Crippen LogP contribution in [-0.4, -0.2) is 43.5 Å². The van der Waals surface area contributed by atoms with Gasteiger partial charge in [0.05, 0.1) is 12.3 Å². The summed E-state index contributed by atoms with van der Waals surface area (Å²) in [6.07, 6.45) is 0.00964. The molecule has 8 heteroatoms. The summed E-state index contributed by atoms with van der Waals surface area (Å²) in [5, 5.41) is 2.25. The van der Waals surface area contributed by atoms with Crippen LogP contribution in [0.1, 0.15) is 12.8 Å². The second-order valence-corrected chi connectivity index (χ2v) is 4.45. The molecule has 0 aliphatic rings. The standard InChI is InChI=1S/C7H14N2O5S/c8-5-6(10)1-2-7(11)9-3-4-15(12,13)14/h1-5,8H2,(H,9,11)(H,12,13,14). The van der Waals surface area contributed by atoms with Gasteiger partial charge in [-0.05, 0) is 0 Å². The van der Waals surface area contributed by atoms with Gasteiger partial charge in [-0.1, -0.05) is 0 Å². The molecule has 0 bridgehead atoms. The van der Waals surface area contributed by atoms with Crippen LogP contribution in [0.25, 0.3) is 0 Å². The predicted octanol–water partition coefficient (Wildman–Crippen LogP) is -1.70. The lowest BCUT2D eigenvalue weighted by Crippen LogP contribution is -2.29. The highest BCUT2D eigenvalue weighted by Crippen LogP contribution is 1.89. The second kappa shape index (κ2) is 6.49. The fraction of sp³-hybridized carbons (Fsp3) is 0.714. The first-order chi connectivity index (χ1) is 6.85. The van der Waals surface area contributed by atoms with E-state index < -0.39 is 21.8 Å². The molecule has 0 aromatic heterocycles. The lowest BCUT2D eigenvalue weighted by Gasteiger charge is -2.02. The quantitative estimate of drug-likeness (QED) is 0.454. The maximum Gasteiger partial charge on any atom is 0.266 e. The Hall–Kier alpha value is -0.990. The zero-order valence-corrected chi connectivity index (χ0v) is 8.92. The fourth-order valence-corrected chi connectivity index (χ4v) is 1.12. The van der Waals surface area contributed by atoms with Crippen molar-refractivity contribution in [2.75, 3.05) is 18.8 Å². The average molecular weight is 238 g/mol. The van der Waals surface area contributed by atoms with E-state index in [-0.39, 0.29) is 31.7 Å². The molecule has 88 valence electrons. The zero-order chi connectivity index (χ0) is 11.9. The molecule has 0 saturated heterocycles. The number of rotatable bonds is 7. The Labute approximate surface area is 87.8 Å². The molecule has 0 aliphatic carbocycles. The van der Waals surface area contributed by atoms with Gasteiger partial charge in [0.25, 0.3) is 10.1 Å². The molecule has 15 heavy (non-hydrogen) atoms. The Morgan fingerprint density at radius 3 is 2.33 bits per heavy atom. The number of nitrogens with one attached hydrogen (secondary N) is 1. The summed E-state index contributed by atoms with van der Waals surface area (Å²) in [5.74, 6) is -1.22. The van der Waals surface area contributed by atoms with Crippen LogP contribution in [0.5, 0.6) is 0 Å². The molecule has 7 nitrogen and oxygen atoms in total. The van der Waals surface area contributed by atoms with Crippen LogP contribution in [0.15, 0.2) is 0 Å². The molecule has 0 spiro atoms. The van der Waals surface area contributed by atoms with Gasteiger partial charge in [0, 0.05) is 19.4 Å². The summed E-state index contributed by atoms with van der Waals surface area (Å²) < 4.78 is 28.9. The van der Waals surface area contributed by atoms with Gasteiger partial charge in [-0.3, -0.25) is 14.1 Å². The molecular formula is C7H14N2O5S. The summed E-state index contributed by atoms with van der Waals surface area (Å²) in [6, 6.07) is 0. The van der Waals surface area contributed by atoms with Crippen molar-refractivity contribution in [2.45, 2.75) is 12.8 Å². The largest absolute Gasteiger partial charge is 0.355 e. The lowest BCUT2D eigenvalue weighted by molar-refractivity contribution is -0.124. The van der Waals surface area contributed by atoms with Crippen LogP contribution in [0.3, 0.4) is 0 Å². The van der Waals surface area contributed by atoms with Crippen molar-refractivity contribution in [2.24, 2.45) is 5.73 Å². The van der Waals surface area contributed by atoms with Crippen molar-refractivity contribution in [3.8, 4) is 0 Å². The van der Waals surface area contributed by atoms with E-state index >= 15 is 0 Å². The van der Waals surface area contributed by atoms with E-state index in [9.17, 15) is 18.0 Å². The van der Waals surface area contributed by atoms with Crippen LogP contribution >= 0.6 is 0 Å². The molecule has 0 radical (unpaired) electrons. The summed E-state index contributed by atoms with van der Waals surface area (Å²) in [6.45, 7) is -0.285. The SMILES string of the molecule is NCC(=O)CCC(=O)NCCS(=O)(=O)O. The first kappa shape index (κ1) is 14.0. The number of hydrogen-bond donors (Lipinski definition) is 3. The summed E-state index contributed by atoms with van der Waals surface area (Å²) in [5.41, 5.74) is 5.02. The number of ketones is 1. The average Bonchev–Trinajstić information content (AvgIpc) is 2.12. The van der Waals surface area contributed by atoms with E-state index in [1.807, 2.05) is 0 Å². The van der Waals surface area contributed by atoms with E-state index in [1.165, 1.54) is 0 Å². The Morgan fingerprint density at radius 2 is 1.87 bits per heavy atom. The van der Waals surface area contributed by atoms with E-state index in [0.29, 0.717) is 0 Å². The third-order valence-electron chi connectivity index (χ3n) is 1.54. The maximum atomic E-state index is 11.0. The first-order valence-electron chi connectivity index (χ1n) is 4.29. The molecular weight excluding hydrogens is 224 g/mol. The molecule has 0 aromatic rings. The Morgan fingerprint density at radius 1 is 1.27 bits per heavy atom. The van der Waals surface area contributed by atoms with Gasteiger partial charge in [0.2, 0.25) is 5.91 Å². The third kappa shape index (κ3) is 9.32. The van der Waals surface area contributed by atoms with Crippen LogP contribution in [0.4, 0.5) is 0 Å². The minimum absolute atomic E-state index is 0.0263. The van der Waals surface area contributed by atoms with Crippen LogP contribution in [-0.2, 0) is 19.7 Å². The Kier molecular flexibility index (Phi) is 6.06. The van der Waals surface area contributed by atoms with Gasteiger partial charge in [0.15, 0.2) is 0 Å². The number of carbonyl (C=O) groups excluding carboxylic acids is 2. The molecule has 0 saturated carbocycles. The molecule has 0 aliphatic heterocycles. The van der Waals surface area contributed by atoms with E-state index in [2.05, 4.69) is 5.32 Å². The summed E-state index contributed by atoms with van der Waals surface area (Å²) in [7, 11) is -4.06. The molecule has 0 atom stereocenters. The minimum Gasteiger partial charge on any atom is -0.355 e. The lowest BCUT2D eigenvalue weighted by atomic mass is 10.2. The van der Waals surface area contributed by atoms with Crippen molar-refractivity contribution in [3.63, 3.8) is 0 Å². The highest BCUT2D eigenvalue weighted by Gasteiger charge is 2.07. The monoisotopic (exact) mass is 238 g/mol. The van der Waals surface area contributed by atoms with Crippen LogP contribution < -0.4 is 11.1 Å². The third-order valence-corrected chi connectivity index (χ3v) is 2.26. The van der Waals surface area contributed by atoms with Gasteiger partial charge >= 0.3 is 0 Å². The van der Waals surface area contributed by atoms with Crippen LogP contribution in [0.2, 0.25) is 0 Å². The number of carbonyl (C=O) groups is 2. The smallest absolute Gasteiger partial charge is 0.266 e. The van der Waals surface area contributed by atoms with Crippen molar-refractivity contribution >= 4 is 21.8 Å². The number of amides is 1. The van der Waals surface area contributed by atoms with E-state index in [4.69, 9.17) is 10.3 Å². The number of nitrogens with two attached hydrogens (primary N) is 1. The van der Waals surface area contributed by atoms with E-state index in [1.54, 1.807) is 0 Å². The fourth-order valence-electron chi connectivity index (χ4n) is 0.763. The Bertz CT molecular complexity index is 324. The molecule has 4 N–H and O–H groups in total. The minimum atomic E-state index is -4.06. The van der Waals surface area contributed by atoms with Gasteiger partial charge in [-0.2, -0.15) is 8.42 Å². The summed E-state index contributed by atoms with van der Waals surface area (Å²) in [4.78, 5) is 21.7. The van der Waals surface area contributed by atoms with Crippen molar-refractivity contribution in [1.29, 1.82) is 0 Å². The Balaban J connectivity index is 3.63. The molecule has 0 unspecified atom stereocenters. The molecule has 0 heterocycles. The van der Waals surface area contributed by atoms with Gasteiger partial charge in [0.1, 0.15) is 5.78 Å². The van der Waals surface area contributed by atoms with Crippen molar-refractivity contribution < 1.29 is 22.6 Å². The van der Waals surface area contributed by atoms with Crippen molar-refractivity contribution in [3.05, 3.63) is 0 Å². The molecule has 0 fully saturated rings. The maximum absolute atomic E-state index is 11.0. The van der Waals surface area contributed by atoms with E-state index in [0.717, 1.165) is 0 Å². The normalized spacial score (nSPS) is 11.1. The number of hydrogen-bond acceptors (Lipinski definition) is 5. The molecule has 1 amide bonds. The predicted molar refractivity (Wildman–Crippen MR) is 52.7 cm³/mol. The van der Waals surface area contributed by atoms with Crippen LogP contribution in [0, 0.1) is 0 Å². The highest BCUT2D eigenvalue weighted by atomic mass is 32.2. The zero-order valence-electron chi connectivity index (χ0n) is 8.10. The topological polar surface area (TPSA) is 127 Å². The van der Waals surface area contributed by atoms with Gasteiger partial charge in [-0.15, -0.1) is 0 Å². The number of Topliss-reactive ketones (excluding diaryl/α,β-unsaturated/α-hetero) is 1. The first-order valence-corrected chi connectivity index (χ1v) is 5.89. The molecule has 0 rings (SSSR count). The molecule has 0 aromatic carbocycles. The van der Waals surface area contributed by atoms with Gasteiger partial charge < -0.3 is 11.1 Å². The summed E-state index contributed by atoms with van der Waals surface area (Å²) >= 11 is 0. The van der Waals surface area contributed by atoms with Gasteiger partial charge in [-0.25, -0.2) is 0 Å². The second-order valence-electron chi connectivity index (χ2n) is 2.88.